The average Bonchev–Trinajstić information content (AvgIpc) is 2.70. The number of nitrogens with one attached hydrogen (secondary N) is 1. The maximum absolute atomic E-state index is 11.8. The van der Waals surface area contributed by atoms with Crippen molar-refractivity contribution in [3.05, 3.63) is 84.1 Å². The van der Waals surface area contributed by atoms with E-state index in [9.17, 15) is 9.90 Å². The molecular formula is C22H25NO5. The lowest BCUT2D eigenvalue weighted by atomic mass is 9.99. The van der Waals surface area contributed by atoms with Crippen LogP contribution in [0.25, 0.3) is 0 Å². The van der Waals surface area contributed by atoms with Crippen LogP contribution in [0.3, 0.4) is 0 Å². The van der Waals surface area contributed by atoms with E-state index in [2.05, 4.69) is 11.9 Å². The van der Waals surface area contributed by atoms with Gasteiger partial charge >= 0.3 is 0 Å². The van der Waals surface area contributed by atoms with E-state index in [1.165, 1.54) is 6.92 Å². The Morgan fingerprint density at radius 1 is 1.04 bits per heavy atom. The molecule has 2 aromatic carbocycles. The average molecular weight is 383 g/mol. The molecule has 0 aromatic heterocycles. The molecule has 2 N–H and O–H groups in total. The molecule has 4 atom stereocenters. The van der Waals surface area contributed by atoms with Gasteiger partial charge in [-0.25, -0.2) is 0 Å². The number of carbonyl (C=O) groups is 1. The van der Waals surface area contributed by atoms with E-state index in [4.69, 9.17) is 14.2 Å². The normalized spacial score (nSPS) is 24.4. The van der Waals surface area contributed by atoms with Gasteiger partial charge in [-0.05, 0) is 11.1 Å². The van der Waals surface area contributed by atoms with Crippen LogP contribution in [0.2, 0.25) is 0 Å². The Morgan fingerprint density at radius 3 is 2.11 bits per heavy atom. The Morgan fingerprint density at radius 2 is 1.57 bits per heavy atom. The van der Waals surface area contributed by atoms with Gasteiger partial charge in [0.1, 0.15) is 24.0 Å². The number of hydrogen-bond acceptors (Lipinski definition) is 5. The lowest BCUT2D eigenvalue weighted by molar-refractivity contribution is -0.220. The number of benzene rings is 2. The van der Waals surface area contributed by atoms with Crippen molar-refractivity contribution in [1.82, 2.24) is 5.32 Å². The van der Waals surface area contributed by atoms with Gasteiger partial charge < -0.3 is 24.6 Å². The molecule has 1 aliphatic rings. The molecule has 3 rings (SSSR count). The molecule has 6 nitrogen and oxygen atoms in total. The highest BCUT2D eigenvalue weighted by atomic mass is 16.7. The second kappa shape index (κ2) is 9.50. The summed E-state index contributed by atoms with van der Waals surface area (Å²) in [6.07, 6.45) is -2.68. The fourth-order valence-corrected chi connectivity index (χ4v) is 3.06. The van der Waals surface area contributed by atoms with E-state index in [1.807, 2.05) is 60.7 Å². The Balaban J connectivity index is 1.74. The number of ether oxygens (including phenoxy) is 3. The molecule has 2 aromatic rings. The first kappa shape index (κ1) is 20.1. The summed E-state index contributed by atoms with van der Waals surface area (Å²) in [6, 6.07) is 18.5. The van der Waals surface area contributed by atoms with Crippen LogP contribution in [-0.2, 0) is 32.2 Å². The van der Waals surface area contributed by atoms with Gasteiger partial charge in [0.15, 0.2) is 0 Å². The highest BCUT2D eigenvalue weighted by molar-refractivity contribution is 5.73. The van der Waals surface area contributed by atoms with Crippen molar-refractivity contribution >= 4 is 5.91 Å². The molecule has 1 amide bonds. The third-order valence-electron chi connectivity index (χ3n) is 4.47. The molecule has 1 heterocycles. The molecule has 1 aliphatic heterocycles. The number of rotatable bonds is 7. The third kappa shape index (κ3) is 5.19. The summed E-state index contributed by atoms with van der Waals surface area (Å²) in [5.41, 5.74) is 1.92. The first-order valence-corrected chi connectivity index (χ1v) is 9.16. The molecule has 0 bridgehead atoms. The number of aliphatic hydroxyl groups is 1. The van der Waals surface area contributed by atoms with Gasteiger partial charge in [-0.15, -0.1) is 0 Å². The summed E-state index contributed by atoms with van der Waals surface area (Å²) in [5, 5.41) is 13.3. The zero-order valence-electron chi connectivity index (χ0n) is 15.8. The number of amides is 1. The van der Waals surface area contributed by atoms with Crippen molar-refractivity contribution in [2.24, 2.45) is 0 Å². The van der Waals surface area contributed by atoms with Crippen LogP contribution in [0, 0.1) is 0 Å². The highest BCUT2D eigenvalue weighted by Gasteiger charge is 2.44. The van der Waals surface area contributed by atoms with Crippen LogP contribution in [0.15, 0.2) is 73.0 Å². The third-order valence-corrected chi connectivity index (χ3v) is 4.47. The minimum atomic E-state index is -1.09. The van der Waals surface area contributed by atoms with E-state index in [0.717, 1.165) is 11.1 Å². The van der Waals surface area contributed by atoms with Gasteiger partial charge in [0.05, 0.1) is 13.2 Å². The van der Waals surface area contributed by atoms with Gasteiger partial charge in [-0.2, -0.15) is 0 Å². The topological polar surface area (TPSA) is 77.0 Å². The van der Waals surface area contributed by atoms with Gasteiger partial charge in [-0.3, -0.25) is 4.79 Å². The zero-order valence-corrected chi connectivity index (χ0v) is 15.8. The van der Waals surface area contributed by atoms with Gasteiger partial charge in [0.25, 0.3) is 0 Å². The van der Waals surface area contributed by atoms with Crippen molar-refractivity contribution in [3.63, 3.8) is 0 Å². The van der Waals surface area contributed by atoms with E-state index < -0.39 is 24.5 Å². The summed E-state index contributed by atoms with van der Waals surface area (Å²) in [5.74, 6) is -0.118. The summed E-state index contributed by atoms with van der Waals surface area (Å²) < 4.78 is 17.5. The number of carbonyl (C=O) groups excluding carboxylic acids is 1. The Bertz CT molecular complexity index is 780. The van der Waals surface area contributed by atoms with Gasteiger partial charge in [0.2, 0.25) is 12.2 Å². The molecular weight excluding hydrogens is 358 g/mol. The maximum Gasteiger partial charge on any atom is 0.222 e. The van der Waals surface area contributed by atoms with Crippen molar-refractivity contribution in [2.45, 2.75) is 44.7 Å². The molecule has 148 valence electrons. The maximum atomic E-state index is 11.8. The summed E-state index contributed by atoms with van der Waals surface area (Å²) >= 11 is 0. The van der Waals surface area contributed by atoms with Gasteiger partial charge in [-0.1, -0.05) is 67.2 Å². The van der Waals surface area contributed by atoms with E-state index in [-0.39, 0.29) is 24.9 Å². The van der Waals surface area contributed by atoms with Crippen LogP contribution in [0.4, 0.5) is 0 Å². The Labute approximate surface area is 164 Å². The largest absolute Gasteiger partial charge is 0.465 e. The fourth-order valence-electron chi connectivity index (χ4n) is 3.06. The molecule has 0 spiro atoms. The number of aliphatic hydroxyl groups excluding tert-OH is 1. The molecule has 0 saturated carbocycles. The SMILES string of the molecule is C=C1O[C@H](OCc2ccccc2)[C@H](NC(C)=O)[C@@H](OCc2ccccc2)[C@@H]1O. The molecule has 0 radical (unpaired) electrons. The zero-order chi connectivity index (χ0) is 19.9. The van der Waals surface area contributed by atoms with Crippen molar-refractivity contribution < 1.29 is 24.1 Å². The Kier molecular flexibility index (Phi) is 6.81. The van der Waals surface area contributed by atoms with E-state index >= 15 is 0 Å². The van der Waals surface area contributed by atoms with Crippen LogP contribution in [-0.4, -0.2) is 35.6 Å². The fraction of sp³-hybridized carbons (Fsp3) is 0.318. The molecule has 28 heavy (non-hydrogen) atoms. The lowest BCUT2D eigenvalue weighted by Gasteiger charge is -2.41. The molecule has 1 saturated heterocycles. The Hall–Kier alpha value is -2.67. The standard InChI is InChI=1S/C22H25NO5/c1-15-20(25)21(26-13-17-9-5-3-6-10-17)19(23-16(2)24)22(28-15)27-14-18-11-7-4-8-12-18/h3-12,19-22,25H,1,13-14H2,2H3,(H,23,24)/t19-,20-,21-,22+/m1/s1. The second-order valence-corrected chi connectivity index (χ2v) is 6.68. The lowest BCUT2D eigenvalue weighted by Crippen LogP contribution is -2.60. The van der Waals surface area contributed by atoms with Crippen molar-refractivity contribution in [1.29, 1.82) is 0 Å². The van der Waals surface area contributed by atoms with Crippen LogP contribution in [0.1, 0.15) is 18.1 Å². The molecule has 1 fully saturated rings. The first-order chi connectivity index (χ1) is 13.5. The minimum Gasteiger partial charge on any atom is -0.465 e. The number of hydrogen-bond donors (Lipinski definition) is 2. The highest BCUT2D eigenvalue weighted by Crippen LogP contribution is 2.27. The van der Waals surface area contributed by atoms with Crippen LogP contribution < -0.4 is 5.32 Å². The summed E-state index contributed by atoms with van der Waals surface area (Å²) in [7, 11) is 0. The predicted molar refractivity (Wildman–Crippen MR) is 104 cm³/mol. The van der Waals surface area contributed by atoms with Crippen LogP contribution in [0.5, 0.6) is 0 Å². The quantitative estimate of drug-likeness (QED) is 0.768. The molecule has 6 heteroatoms. The minimum absolute atomic E-state index is 0.151. The monoisotopic (exact) mass is 383 g/mol. The van der Waals surface area contributed by atoms with Crippen LogP contribution >= 0.6 is 0 Å². The molecule has 0 unspecified atom stereocenters. The van der Waals surface area contributed by atoms with Crippen molar-refractivity contribution in [2.75, 3.05) is 0 Å². The second-order valence-electron chi connectivity index (χ2n) is 6.68. The van der Waals surface area contributed by atoms with E-state index in [1.54, 1.807) is 0 Å². The van der Waals surface area contributed by atoms with Gasteiger partial charge in [0, 0.05) is 6.92 Å². The van der Waals surface area contributed by atoms with Crippen molar-refractivity contribution in [3.8, 4) is 0 Å². The predicted octanol–water partition coefficient (Wildman–Crippen LogP) is 2.52. The molecule has 0 aliphatic carbocycles. The van der Waals surface area contributed by atoms with E-state index in [0.29, 0.717) is 0 Å². The summed E-state index contributed by atoms with van der Waals surface area (Å²) in [4.78, 5) is 11.8. The smallest absolute Gasteiger partial charge is 0.222 e. The first-order valence-electron chi connectivity index (χ1n) is 9.16. The summed E-state index contributed by atoms with van der Waals surface area (Å²) in [6.45, 7) is 5.74.